The fourth-order valence-corrected chi connectivity index (χ4v) is 2.09. The number of fused-ring (bicyclic) bond motifs is 1. The molecule has 0 aliphatic rings. The highest BCUT2D eigenvalue weighted by molar-refractivity contribution is 7.71. The highest BCUT2D eigenvalue weighted by Crippen LogP contribution is 2.24. The van der Waals surface area contributed by atoms with Gasteiger partial charge in [-0.25, -0.2) is 0 Å². The minimum Gasteiger partial charge on any atom is -0.457 e. The van der Waals surface area contributed by atoms with Crippen LogP contribution in [0.1, 0.15) is 0 Å². The lowest BCUT2D eigenvalue weighted by atomic mass is 10.2. The van der Waals surface area contributed by atoms with E-state index >= 15 is 0 Å². The van der Waals surface area contributed by atoms with Crippen molar-refractivity contribution in [2.24, 2.45) is 0 Å². The van der Waals surface area contributed by atoms with Crippen LogP contribution in [-0.4, -0.2) is 4.98 Å². The summed E-state index contributed by atoms with van der Waals surface area (Å²) in [6.07, 6.45) is 1.84. The number of benzene rings is 2. The van der Waals surface area contributed by atoms with Crippen molar-refractivity contribution >= 4 is 23.1 Å². The summed E-state index contributed by atoms with van der Waals surface area (Å²) in [4.78, 5) is 3.17. The molecule has 1 N–H and O–H groups in total. The third-order valence-corrected chi connectivity index (χ3v) is 3.06. The molecule has 3 rings (SSSR count). The maximum atomic E-state index is 5.77. The third-order valence-electron chi connectivity index (χ3n) is 2.71. The second kappa shape index (κ2) is 4.63. The first-order valence-electron chi connectivity index (χ1n) is 5.67. The number of aromatic nitrogens is 1. The molecule has 0 radical (unpaired) electrons. The topological polar surface area (TPSA) is 25.0 Å². The van der Waals surface area contributed by atoms with Crippen LogP contribution in [0.2, 0.25) is 0 Å². The number of para-hydroxylation sites is 1. The van der Waals surface area contributed by atoms with E-state index in [4.69, 9.17) is 17.0 Å². The van der Waals surface area contributed by atoms with Crippen molar-refractivity contribution in [2.75, 3.05) is 0 Å². The summed E-state index contributed by atoms with van der Waals surface area (Å²) in [5.41, 5.74) is 0.982. The van der Waals surface area contributed by atoms with Crippen LogP contribution in [0.5, 0.6) is 11.5 Å². The maximum absolute atomic E-state index is 5.77. The molecule has 0 aliphatic carbocycles. The molecule has 0 atom stereocenters. The maximum Gasteiger partial charge on any atom is 0.129 e. The van der Waals surface area contributed by atoms with E-state index in [1.165, 1.54) is 0 Å². The van der Waals surface area contributed by atoms with Crippen LogP contribution in [0.15, 0.2) is 60.8 Å². The number of nitrogens with one attached hydrogen (secondary N) is 1. The first-order valence-corrected chi connectivity index (χ1v) is 6.08. The molecule has 18 heavy (non-hydrogen) atoms. The van der Waals surface area contributed by atoms with Gasteiger partial charge in [0.2, 0.25) is 0 Å². The lowest BCUT2D eigenvalue weighted by Crippen LogP contribution is -1.85. The lowest BCUT2D eigenvalue weighted by molar-refractivity contribution is 0.483. The monoisotopic (exact) mass is 253 g/mol. The van der Waals surface area contributed by atoms with Gasteiger partial charge in [-0.3, -0.25) is 0 Å². The third kappa shape index (κ3) is 2.13. The molecule has 1 heterocycles. The summed E-state index contributed by atoms with van der Waals surface area (Å²) < 4.78 is 6.61. The summed E-state index contributed by atoms with van der Waals surface area (Å²) in [7, 11) is 0. The van der Waals surface area contributed by atoms with Gasteiger partial charge in [0.15, 0.2) is 0 Å². The van der Waals surface area contributed by atoms with Gasteiger partial charge < -0.3 is 9.72 Å². The summed E-state index contributed by atoms with van der Waals surface area (Å²) in [5, 5.41) is 1.04. The van der Waals surface area contributed by atoms with Gasteiger partial charge in [0.1, 0.15) is 11.5 Å². The summed E-state index contributed by atoms with van der Waals surface area (Å²) in [6.45, 7) is 0. The molecule has 0 aliphatic heterocycles. The Morgan fingerprint density at radius 3 is 2.56 bits per heavy atom. The predicted molar refractivity (Wildman–Crippen MR) is 75.6 cm³/mol. The van der Waals surface area contributed by atoms with E-state index in [0.717, 1.165) is 26.9 Å². The molecule has 3 heteroatoms. The van der Waals surface area contributed by atoms with Crippen LogP contribution in [0.4, 0.5) is 0 Å². The Morgan fingerprint density at radius 2 is 1.72 bits per heavy atom. The van der Waals surface area contributed by atoms with Crippen LogP contribution in [0.25, 0.3) is 10.9 Å². The number of aromatic amines is 1. The Bertz CT molecular complexity index is 734. The number of ether oxygens (including phenoxy) is 1. The van der Waals surface area contributed by atoms with Crippen molar-refractivity contribution in [1.82, 2.24) is 4.98 Å². The quantitative estimate of drug-likeness (QED) is 0.670. The standard InChI is InChI=1S/C15H11NOS/c18-15-8-9-16-14-10-12(6-7-13(14)15)17-11-4-2-1-3-5-11/h1-10H,(H,16,18). The van der Waals surface area contributed by atoms with E-state index in [1.807, 2.05) is 60.8 Å². The average Bonchev–Trinajstić information content (AvgIpc) is 2.40. The second-order valence-electron chi connectivity index (χ2n) is 3.96. The smallest absolute Gasteiger partial charge is 0.129 e. The molecule has 2 aromatic carbocycles. The van der Waals surface area contributed by atoms with Crippen LogP contribution in [0.3, 0.4) is 0 Å². The number of rotatable bonds is 2. The second-order valence-corrected chi connectivity index (χ2v) is 4.40. The largest absolute Gasteiger partial charge is 0.457 e. The number of hydrogen-bond acceptors (Lipinski definition) is 2. The molecule has 0 saturated heterocycles. The Balaban J connectivity index is 2.02. The summed E-state index contributed by atoms with van der Waals surface area (Å²) in [6, 6.07) is 17.5. The fourth-order valence-electron chi connectivity index (χ4n) is 1.84. The van der Waals surface area contributed by atoms with Gasteiger partial charge in [0.25, 0.3) is 0 Å². The minimum absolute atomic E-state index is 0.797. The Hall–Kier alpha value is -2.13. The molecule has 3 aromatic rings. The lowest BCUT2D eigenvalue weighted by Gasteiger charge is -2.06. The predicted octanol–water partition coefficient (Wildman–Crippen LogP) is 4.69. The van der Waals surface area contributed by atoms with Crippen LogP contribution in [0, 0.1) is 4.51 Å². The zero-order chi connectivity index (χ0) is 12.4. The SMILES string of the molecule is S=c1cc[nH]c2cc(Oc3ccccc3)ccc12. The molecule has 0 amide bonds. The molecular formula is C15H11NOS. The highest BCUT2D eigenvalue weighted by atomic mass is 32.1. The van der Waals surface area contributed by atoms with Crippen molar-refractivity contribution in [1.29, 1.82) is 0 Å². The highest BCUT2D eigenvalue weighted by Gasteiger charge is 2.00. The van der Waals surface area contributed by atoms with Gasteiger partial charge in [0, 0.05) is 22.2 Å². The molecular weight excluding hydrogens is 242 g/mol. The first-order chi connectivity index (χ1) is 8.83. The van der Waals surface area contributed by atoms with Gasteiger partial charge in [-0.05, 0) is 30.3 Å². The van der Waals surface area contributed by atoms with E-state index in [-0.39, 0.29) is 0 Å². The zero-order valence-corrected chi connectivity index (χ0v) is 10.4. The van der Waals surface area contributed by atoms with E-state index in [9.17, 15) is 0 Å². The molecule has 2 nitrogen and oxygen atoms in total. The summed E-state index contributed by atoms with van der Waals surface area (Å²) in [5.74, 6) is 1.62. The van der Waals surface area contributed by atoms with Crippen LogP contribution in [-0.2, 0) is 0 Å². The van der Waals surface area contributed by atoms with Crippen molar-refractivity contribution in [3.05, 3.63) is 65.3 Å². The molecule has 88 valence electrons. The number of H-pyrrole nitrogens is 1. The summed E-state index contributed by atoms with van der Waals surface area (Å²) >= 11 is 5.27. The first kappa shape index (κ1) is 11.0. The van der Waals surface area contributed by atoms with Crippen LogP contribution >= 0.6 is 12.2 Å². The number of hydrogen-bond donors (Lipinski definition) is 1. The Morgan fingerprint density at radius 1 is 0.889 bits per heavy atom. The van der Waals surface area contributed by atoms with Crippen molar-refractivity contribution in [3.63, 3.8) is 0 Å². The fraction of sp³-hybridized carbons (Fsp3) is 0. The number of pyridine rings is 1. The van der Waals surface area contributed by atoms with Gasteiger partial charge in [-0.15, -0.1) is 0 Å². The Labute approximate surface area is 110 Å². The molecule has 0 bridgehead atoms. The van der Waals surface area contributed by atoms with Gasteiger partial charge >= 0.3 is 0 Å². The van der Waals surface area contributed by atoms with Crippen molar-refractivity contribution in [2.45, 2.75) is 0 Å². The van der Waals surface area contributed by atoms with E-state index in [2.05, 4.69) is 4.98 Å². The van der Waals surface area contributed by atoms with Crippen molar-refractivity contribution in [3.8, 4) is 11.5 Å². The average molecular weight is 253 g/mol. The zero-order valence-electron chi connectivity index (χ0n) is 9.59. The minimum atomic E-state index is 0.797. The van der Waals surface area contributed by atoms with E-state index < -0.39 is 0 Å². The Kier molecular flexibility index (Phi) is 2.82. The molecule has 0 saturated carbocycles. The van der Waals surface area contributed by atoms with Crippen LogP contribution < -0.4 is 4.74 Å². The molecule has 0 spiro atoms. The van der Waals surface area contributed by atoms with Gasteiger partial charge in [0.05, 0.1) is 5.52 Å². The van der Waals surface area contributed by atoms with Crippen molar-refractivity contribution < 1.29 is 4.74 Å². The normalized spacial score (nSPS) is 10.4. The van der Waals surface area contributed by atoms with E-state index in [0.29, 0.717) is 0 Å². The van der Waals surface area contributed by atoms with Gasteiger partial charge in [-0.1, -0.05) is 30.4 Å². The molecule has 0 fully saturated rings. The molecule has 1 aromatic heterocycles. The van der Waals surface area contributed by atoms with E-state index in [1.54, 1.807) is 0 Å². The molecule has 0 unspecified atom stereocenters. The van der Waals surface area contributed by atoms with Gasteiger partial charge in [-0.2, -0.15) is 0 Å².